The molecule has 4 N–H and O–H groups in total. The maximum atomic E-state index is 12.6. The average molecular weight is 451 g/mol. The molecule has 4 rings (SSSR count). The lowest BCUT2D eigenvalue weighted by molar-refractivity contribution is -0.126. The van der Waals surface area contributed by atoms with Gasteiger partial charge in [0.25, 0.3) is 12.4 Å². The Bertz CT molecular complexity index is 1040. The summed E-state index contributed by atoms with van der Waals surface area (Å²) in [4.78, 5) is 40.7. The molecule has 0 bridgehead atoms. The molecule has 0 atom stereocenters. The van der Waals surface area contributed by atoms with Crippen LogP contribution in [0.5, 0.6) is 0 Å². The Morgan fingerprint density at radius 2 is 1.82 bits per heavy atom. The number of benzene rings is 2. The number of carbonyl (C=O) groups is 3. The molecule has 1 heterocycles. The van der Waals surface area contributed by atoms with Gasteiger partial charge in [-0.25, -0.2) is 4.98 Å². The molecule has 1 aliphatic rings. The number of carboxylic acid groups (broad SMARTS) is 1. The van der Waals surface area contributed by atoms with Gasteiger partial charge in [0.15, 0.2) is 0 Å². The number of aryl methyl sites for hydroxylation is 1. The molecule has 1 aliphatic carbocycles. The lowest BCUT2D eigenvalue weighted by Gasteiger charge is -2.28. The van der Waals surface area contributed by atoms with Gasteiger partial charge in [-0.2, -0.15) is 0 Å². The van der Waals surface area contributed by atoms with E-state index in [1.165, 1.54) is 0 Å². The number of aromatic nitrogens is 2. The summed E-state index contributed by atoms with van der Waals surface area (Å²) in [5, 5.41) is 15.3. The molecule has 0 aliphatic heterocycles. The van der Waals surface area contributed by atoms with Crippen molar-refractivity contribution in [2.24, 2.45) is 5.92 Å². The number of aromatic amines is 1. The first kappa shape index (κ1) is 24.0. The molecule has 1 aromatic heterocycles. The summed E-state index contributed by atoms with van der Waals surface area (Å²) in [6.07, 6.45) is 8.56. The van der Waals surface area contributed by atoms with Gasteiger partial charge in [0.2, 0.25) is 5.91 Å². The van der Waals surface area contributed by atoms with Gasteiger partial charge in [-0.05, 0) is 55.0 Å². The van der Waals surface area contributed by atoms with E-state index in [0.717, 1.165) is 55.1 Å². The van der Waals surface area contributed by atoms with Crippen molar-refractivity contribution in [1.82, 2.24) is 20.6 Å². The zero-order chi connectivity index (χ0) is 23.5. The third-order valence-electron chi connectivity index (χ3n) is 5.89. The maximum absolute atomic E-state index is 12.6. The number of fused-ring (bicyclic) bond motifs is 1. The number of hydrogen-bond acceptors (Lipinski definition) is 4. The average Bonchev–Trinajstić information content (AvgIpc) is 3.36. The monoisotopic (exact) mass is 450 g/mol. The SMILES string of the molecule is O=C(NC1CCC(C(=O)NCCCc2ncc[nH]2)CC1)c1ccc2ccccc2c1.O=CO. The van der Waals surface area contributed by atoms with E-state index < -0.39 is 0 Å². The van der Waals surface area contributed by atoms with E-state index in [2.05, 4.69) is 20.6 Å². The van der Waals surface area contributed by atoms with Crippen LogP contribution in [0.25, 0.3) is 10.8 Å². The van der Waals surface area contributed by atoms with Gasteiger partial charge in [-0.3, -0.25) is 14.4 Å². The molecular formula is C25H30N4O4. The smallest absolute Gasteiger partial charge is 0.290 e. The summed E-state index contributed by atoms with van der Waals surface area (Å²) in [5.41, 5.74) is 0.685. The molecular weight excluding hydrogens is 420 g/mol. The van der Waals surface area contributed by atoms with Crippen LogP contribution in [0.1, 0.15) is 48.3 Å². The standard InChI is InChI=1S/C24H28N4O2.CH2O2/c29-23(27-13-3-6-22-25-14-15-26-22)18-9-11-21(12-10-18)28-24(30)20-8-7-17-4-1-2-5-19(17)16-20;2-1-3/h1-2,4-5,7-8,14-16,18,21H,3,6,9-13H2,(H,25,26)(H,27,29)(H,28,30);1H,(H,2,3). The van der Waals surface area contributed by atoms with E-state index in [4.69, 9.17) is 9.90 Å². The van der Waals surface area contributed by atoms with Gasteiger partial charge in [0.1, 0.15) is 5.82 Å². The lowest BCUT2D eigenvalue weighted by Crippen LogP contribution is -2.41. The molecule has 0 unspecified atom stereocenters. The van der Waals surface area contributed by atoms with Crippen LogP contribution in [0.4, 0.5) is 0 Å². The molecule has 1 saturated carbocycles. The first-order valence-electron chi connectivity index (χ1n) is 11.2. The number of hydrogen-bond donors (Lipinski definition) is 4. The minimum absolute atomic E-state index is 0.0356. The van der Waals surface area contributed by atoms with Crippen LogP contribution in [-0.2, 0) is 16.0 Å². The molecule has 8 nitrogen and oxygen atoms in total. The second kappa shape index (κ2) is 12.4. The molecule has 33 heavy (non-hydrogen) atoms. The van der Waals surface area contributed by atoms with Crippen LogP contribution in [0.2, 0.25) is 0 Å². The van der Waals surface area contributed by atoms with E-state index in [0.29, 0.717) is 12.1 Å². The van der Waals surface area contributed by atoms with Gasteiger partial charge in [-0.1, -0.05) is 30.3 Å². The normalized spacial score (nSPS) is 17.5. The molecule has 0 radical (unpaired) electrons. The van der Waals surface area contributed by atoms with E-state index >= 15 is 0 Å². The summed E-state index contributed by atoms with van der Waals surface area (Å²) in [6, 6.07) is 14.0. The number of nitrogens with zero attached hydrogens (tertiary/aromatic N) is 1. The highest BCUT2D eigenvalue weighted by Crippen LogP contribution is 2.25. The van der Waals surface area contributed by atoms with Crippen molar-refractivity contribution in [1.29, 1.82) is 0 Å². The highest BCUT2D eigenvalue weighted by atomic mass is 16.3. The Kier molecular flexibility index (Phi) is 8.99. The molecule has 1 fully saturated rings. The maximum Gasteiger partial charge on any atom is 0.290 e. The topological polar surface area (TPSA) is 124 Å². The van der Waals surface area contributed by atoms with Crippen molar-refractivity contribution in [2.75, 3.05) is 6.54 Å². The van der Waals surface area contributed by atoms with E-state index in [-0.39, 0.29) is 30.2 Å². The minimum Gasteiger partial charge on any atom is -0.483 e. The molecule has 0 saturated heterocycles. The summed E-state index contributed by atoms with van der Waals surface area (Å²) in [5.74, 6) is 1.09. The number of carbonyl (C=O) groups excluding carboxylic acids is 2. The highest BCUT2D eigenvalue weighted by Gasteiger charge is 2.27. The molecule has 0 spiro atoms. The number of H-pyrrole nitrogens is 1. The first-order valence-corrected chi connectivity index (χ1v) is 11.2. The van der Waals surface area contributed by atoms with Crippen LogP contribution in [0.3, 0.4) is 0 Å². The number of imidazole rings is 1. The minimum atomic E-state index is -0.250. The Balaban J connectivity index is 0.000000968. The first-order chi connectivity index (χ1) is 16.1. The van der Waals surface area contributed by atoms with Gasteiger partial charge in [-0.15, -0.1) is 0 Å². The van der Waals surface area contributed by atoms with Crippen LogP contribution in [-0.4, -0.2) is 45.9 Å². The van der Waals surface area contributed by atoms with Crippen molar-refractivity contribution in [3.8, 4) is 0 Å². The molecule has 2 aromatic carbocycles. The fraction of sp³-hybridized carbons (Fsp3) is 0.360. The summed E-state index contributed by atoms with van der Waals surface area (Å²) >= 11 is 0. The number of amides is 2. The van der Waals surface area contributed by atoms with Crippen molar-refractivity contribution in [3.63, 3.8) is 0 Å². The van der Waals surface area contributed by atoms with Crippen LogP contribution >= 0.6 is 0 Å². The third kappa shape index (κ3) is 7.17. The quantitative estimate of drug-likeness (QED) is 0.325. The number of nitrogens with one attached hydrogen (secondary N) is 3. The number of rotatable bonds is 7. The van der Waals surface area contributed by atoms with Crippen molar-refractivity contribution < 1.29 is 19.5 Å². The Hall–Kier alpha value is -3.68. The summed E-state index contributed by atoms with van der Waals surface area (Å²) < 4.78 is 0. The molecule has 3 aromatic rings. The molecule has 8 heteroatoms. The van der Waals surface area contributed by atoms with E-state index in [1.54, 1.807) is 6.20 Å². The largest absolute Gasteiger partial charge is 0.483 e. The summed E-state index contributed by atoms with van der Waals surface area (Å²) in [6.45, 7) is 0.415. The Morgan fingerprint density at radius 1 is 1.09 bits per heavy atom. The Morgan fingerprint density at radius 3 is 2.52 bits per heavy atom. The fourth-order valence-electron chi connectivity index (χ4n) is 4.15. The molecule has 174 valence electrons. The van der Waals surface area contributed by atoms with Gasteiger partial charge in [0, 0.05) is 42.9 Å². The Labute approximate surface area is 192 Å². The zero-order valence-electron chi connectivity index (χ0n) is 18.5. The van der Waals surface area contributed by atoms with E-state index in [9.17, 15) is 9.59 Å². The molecule has 2 amide bonds. The van der Waals surface area contributed by atoms with Crippen LogP contribution in [0, 0.1) is 5.92 Å². The van der Waals surface area contributed by atoms with Crippen LogP contribution in [0.15, 0.2) is 54.9 Å². The second-order valence-electron chi connectivity index (χ2n) is 8.12. The lowest BCUT2D eigenvalue weighted by atomic mass is 9.85. The van der Waals surface area contributed by atoms with Gasteiger partial charge < -0.3 is 20.7 Å². The van der Waals surface area contributed by atoms with Gasteiger partial charge >= 0.3 is 0 Å². The van der Waals surface area contributed by atoms with Crippen molar-refractivity contribution >= 4 is 29.1 Å². The third-order valence-corrected chi connectivity index (χ3v) is 5.89. The van der Waals surface area contributed by atoms with E-state index in [1.807, 2.05) is 48.7 Å². The summed E-state index contributed by atoms with van der Waals surface area (Å²) in [7, 11) is 0. The predicted molar refractivity (Wildman–Crippen MR) is 126 cm³/mol. The second-order valence-corrected chi connectivity index (χ2v) is 8.12. The zero-order valence-corrected chi connectivity index (χ0v) is 18.5. The highest BCUT2D eigenvalue weighted by molar-refractivity contribution is 5.98. The van der Waals surface area contributed by atoms with Gasteiger partial charge in [0.05, 0.1) is 0 Å². The van der Waals surface area contributed by atoms with Crippen molar-refractivity contribution in [2.45, 2.75) is 44.6 Å². The fourth-order valence-corrected chi connectivity index (χ4v) is 4.15. The van der Waals surface area contributed by atoms with Crippen molar-refractivity contribution in [3.05, 3.63) is 66.2 Å². The van der Waals surface area contributed by atoms with Crippen LogP contribution < -0.4 is 10.6 Å². The predicted octanol–water partition coefficient (Wildman–Crippen LogP) is 3.30.